The molecule has 210 valence electrons. The molecule has 2 aromatic heterocycles. The number of amides is 2. The molecule has 0 saturated heterocycles. The number of nitrogens with zero attached hydrogens (tertiary/aromatic N) is 2. The fraction of sp³-hybridized carbons (Fsp3) is 0.118. The van der Waals surface area contributed by atoms with E-state index in [1.165, 1.54) is 0 Å². The monoisotopic (exact) mass is 558 g/mol. The van der Waals surface area contributed by atoms with E-state index in [4.69, 9.17) is 0 Å². The Morgan fingerprint density at radius 2 is 0.738 bits per heavy atom. The number of carbonyl (C=O) groups excluding carboxylic acids is 2. The highest BCUT2D eigenvalue weighted by molar-refractivity contribution is 6.07. The summed E-state index contributed by atoms with van der Waals surface area (Å²) in [6, 6.07) is 29.7. The van der Waals surface area contributed by atoms with Gasteiger partial charge in [0.05, 0.1) is 11.4 Å². The first kappa shape index (κ1) is 28.0. The van der Waals surface area contributed by atoms with Crippen LogP contribution in [0.5, 0.6) is 0 Å². The number of rotatable bonds is 10. The first-order valence-corrected chi connectivity index (χ1v) is 13.9. The highest BCUT2D eigenvalue weighted by Gasteiger charge is 2.10. The summed E-state index contributed by atoms with van der Waals surface area (Å²) in [6.45, 7) is 6.04. The van der Waals surface area contributed by atoms with E-state index < -0.39 is 0 Å². The zero-order valence-electron chi connectivity index (χ0n) is 23.7. The molecule has 4 N–H and O–H groups in total. The van der Waals surface area contributed by atoms with Gasteiger partial charge in [0, 0.05) is 58.1 Å². The van der Waals surface area contributed by atoms with E-state index in [-0.39, 0.29) is 11.8 Å². The van der Waals surface area contributed by atoms with E-state index in [0.717, 1.165) is 35.8 Å². The molecule has 0 bridgehead atoms. The first-order valence-electron chi connectivity index (χ1n) is 13.9. The van der Waals surface area contributed by atoms with Crippen molar-refractivity contribution in [2.75, 3.05) is 21.3 Å². The van der Waals surface area contributed by atoms with Crippen LogP contribution in [0, 0.1) is 0 Å². The average molecular weight is 559 g/mol. The second-order valence-electron chi connectivity index (χ2n) is 9.72. The molecule has 2 amide bonds. The molecule has 0 aliphatic heterocycles. The average Bonchev–Trinajstić information content (AvgIpc) is 3.03. The molecule has 0 saturated carbocycles. The molecule has 5 aromatic rings. The van der Waals surface area contributed by atoms with E-state index in [2.05, 4.69) is 44.2 Å². The highest BCUT2D eigenvalue weighted by Crippen LogP contribution is 2.20. The molecule has 0 aliphatic carbocycles. The summed E-state index contributed by atoms with van der Waals surface area (Å²) in [5, 5.41) is 12.5. The Labute approximate surface area is 245 Å². The van der Waals surface area contributed by atoms with Gasteiger partial charge in [0.1, 0.15) is 13.1 Å². The molecule has 8 nitrogen and oxygen atoms in total. The van der Waals surface area contributed by atoms with Crippen molar-refractivity contribution in [1.29, 1.82) is 0 Å². The molecule has 5 rings (SSSR count). The van der Waals surface area contributed by atoms with Gasteiger partial charge in [0.2, 0.25) is 0 Å². The Morgan fingerprint density at radius 3 is 1.05 bits per heavy atom. The summed E-state index contributed by atoms with van der Waals surface area (Å²) in [7, 11) is 0. The van der Waals surface area contributed by atoms with Crippen LogP contribution >= 0.6 is 0 Å². The summed E-state index contributed by atoms with van der Waals surface area (Å²) in [5.74, 6) is -0.498. The molecule has 0 atom stereocenters. The van der Waals surface area contributed by atoms with Crippen LogP contribution in [0.25, 0.3) is 0 Å². The predicted molar refractivity (Wildman–Crippen MR) is 166 cm³/mol. The summed E-state index contributed by atoms with van der Waals surface area (Å²) in [6.07, 6.45) is 8.09. The topological polar surface area (TPSA) is 90.0 Å². The fourth-order valence-corrected chi connectivity index (χ4v) is 4.29. The van der Waals surface area contributed by atoms with E-state index in [9.17, 15) is 9.59 Å². The standard InChI is InChI=1S/C34H32N6O2/c1-3-39-21-17-31(18-22-39)35-27-9-13-29(14-10-27)37-33(41)25-5-7-26(8-6-25)34(42)38-30-15-11-28(12-16-30)36-32-19-23-40(4-2)24-20-32/h5-24H,3-4H2,1-2H3,(H2,37,38,41,42)/p+2. The Bertz CT molecular complexity index is 1510. The number of carbonyl (C=O) groups is 2. The molecule has 0 radical (unpaired) electrons. The maximum Gasteiger partial charge on any atom is 0.255 e. The quantitative estimate of drug-likeness (QED) is 0.152. The van der Waals surface area contributed by atoms with Gasteiger partial charge in [-0.15, -0.1) is 0 Å². The fourth-order valence-electron chi connectivity index (χ4n) is 4.29. The summed E-state index contributed by atoms with van der Waals surface area (Å²) in [4.78, 5) is 25.6. The minimum Gasteiger partial charge on any atom is -0.355 e. The largest absolute Gasteiger partial charge is 0.355 e. The van der Waals surface area contributed by atoms with Crippen LogP contribution in [0.2, 0.25) is 0 Å². The van der Waals surface area contributed by atoms with Crippen LogP contribution in [-0.2, 0) is 13.1 Å². The van der Waals surface area contributed by atoms with Crippen molar-refractivity contribution in [3.8, 4) is 0 Å². The minimum absolute atomic E-state index is 0.249. The lowest BCUT2D eigenvalue weighted by molar-refractivity contribution is -0.693. The van der Waals surface area contributed by atoms with Gasteiger partial charge < -0.3 is 21.3 Å². The third-order valence-corrected chi connectivity index (χ3v) is 6.78. The Hall–Kier alpha value is -5.50. The lowest BCUT2D eigenvalue weighted by Gasteiger charge is -2.10. The van der Waals surface area contributed by atoms with E-state index in [1.54, 1.807) is 24.3 Å². The van der Waals surface area contributed by atoms with Crippen molar-refractivity contribution in [2.45, 2.75) is 26.9 Å². The molecule has 0 unspecified atom stereocenters. The van der Waals surface area contributed by atoms with Crippen LogP contribution in [-0.4, -0.2) is 11.8 Å². The normalized spacial score (nSPS) is 10.5. The number of benzene rings is 3. The third kappa shape index (κ3) is 7.37. The molecule has 2 heterocycles. The second kappa shape index (κ2) is 13.2. The molecular weight excluding hydrogens is 524 g/mol. The number of hydrogen-bond acceptors (Lipinski definition) is 4. The van der Waals surface area contributed by atoms with Gasteiger partial charge in [-0.1, -0.05) is 0 Å². The summed E-state index contributed by atoms with van der Waals surface area (Å²) < 4.78 is 4.18. The zero-order valence-corrected chi connectivity index (χ0v) is 23.7. The van der Waals surface area contributed by atoms with Gasteiger partial charge in [0.15, 0.2) is 24.8 Å². The molecule has 3 aromatic carbocycles. The van der Waals surface area contributed by atoms with Crippen molar-refractivity contribution in [1.82, 2.24) is 0 Å². The van der Waals surface area contributed by atoms with Gasteiger partial charge >= 0.3 is 0 Å². The van der Waals surface area contributed by atoms with Gasteiger partial charge in [-0.05, 0) is 86.6 Å². The minimum atomic E-state index is -0.249. The maximum absolute atomic E-state index is 12.8. The molecule has 0 aliphatic rings. The predicted octanol–water partition coefficient (Wildman–Crippen LogP) is 6.29. The molecule has 8 heteroatoms. The van der Waals surface area contributed by atoms with Crippen molar-refractivity contribution in [3.05, 3.63) is 133 Å². The van der Waals surface area contributed by atoms with Crippen molar-refractivity contribution in [3.63, 3.8) is 0 Å². The number of nitrogens with one attached hydrogen (secondary N) is 4. The lowest BCUT2D eigenvalue weighted by atomic mass is 10.1. The maximum atomic E-state index is 12.8. The van der Waals surface area contributed by atoms with E-state index >= 15 is 0 Å². The molecular formula is C34H34N6O2+2. The third-order valence-electron chi connectivity index (χ3n) is 6.78. The van der Waals surface area contributed by atoms with Crippen molar-refractivity contribution in [2.24, 2.45) is 0 Å². The van der Waals surface area contributed by atoms with Crippen LogP contribution in [0.15, 0.2) is 122 Å². The van der Waals surface area contributed by atoms with Gasteiger partial charge in [-0.3, -0.25) is 9.59 Å². The lowest BCUT2D eigenvalue weighted by Crippen LogP contribution is -2.30. The highest BCUT2D eigenvalue weighted by atomic mass is 16.2. The Kier molecular flexibility index (Phi) is 8.84. The summed E-state index contributed by atoms with van der Waals surface area (Å²) in [5.41, 5.74) is 6.10. The smallest absolute Gasteiger partial charge is 0.255 e. The summed E-state index contributed by atoms with van der Waals surface area (Å²) >= 11 is 0. The van der Waals surface area contributed by atoms with Crippen LogP contribution in [0.1, 0.15) is 34.6 Å². The number of anilines is 6. The Morgan fingerprint density at radius 1 is 0.452 bits per heavy atom. The molecule has 42 heavy (non-hydrogen) atoms. The number of pyridine rings is 2. The number of aromatic nitrogens is 2. The SMILES string of the molecule is CC[n+]1ccc(Nc2ccc(NC(=O)c3ccc(C(=O)Nc4ccc(Nc5cc[n+](CC)cc5)cc4)cc3)cc2)cc1. The van der Waals surface area contributed by atoms with Crippen LogP contribution in [0.4, 0.5) is 34.1 Å². The van der Waals surface area contributed by atoms with Crippen LogP contribution in [0.3, 0.4) is 0 Å². The van der Waals surface area contributed by atoms with Crippen molar-refractivity contribution < 1.29 is 18.7 Å². The zero-order chi connectivity index (χ0) is 29.3. The second-order valence-corrected chi connectivity index (χ2v) is 9.72. The first-order chi connectivity index (χ1) is 20.5. The molecule has 0 spiro atoms. The van der Waals surface area contributed by atoms with E-state index in [0.29, 0.717) is 22.5 Å². The van der Waals surface area contributed by atoms with E-state index in [1.807, 2.05) is 97.6 Å². The van der Waals surface area contributed by atoms with Crippen molar-refractivity contribution >= 4 is 45.9 Å². The van der Waals surface area contributed by atoms with Gasteiger partial charge in [-0.25, -0.2) is 9.13 Å². The number of aryl methyl sites for hydroxylation is 2. The van der Waals surface area contributed by atoms with Gasteiger partial charge in [0.25, 0.3) is 11.8 Å². The number of hydrogen-bond donors (Lipinski definition) is 4. The molecule has 0 fully saturated rings. The van der Waals surface area contributed by atoms with Gasteiger partial charge in [-0.2, -0.15) is 0 Å². The Balaban J connectivity index is 1.12. The van der Waals surface area contributed by atoms with Crippen LogP contribution < -0.4 is 30.4 Å².